The van der Waals surface area contributed by atoms with Gasteiger partial charge in [0.25, 0.3) is 5.91 Å². The lowest BCUT2D eigenvalue weighted by molar-refractivity contribution is -0.157. The van der Waals surface area contributed by atoms with Crippen molar-refractivity contribution in [3.63, 3.8) is 0 Å². The van der Waals surface area contributed by atoms with Crippen LogP contribution in [0.3, 0.4) is 0 Å². The van der Waals surface area contributed by atoms with E-state index in [4.69, 9.17) is 16.8 Å². The lowest BCUT2D eigenvalue weighted by atomic mass is 9.89. The van der Waals surface area contributed by atoms with Crippen LogP contribution in [0.5, 0.6) is 0 Å². The van der Waals surface area contributed by atoms with Gasteiger partial charge in [0.05, 0.1) is 5.88 Å². The second-order valence-corrected chi connectivity index (χ2v) is 8.90. The maximum atomic E-state index is 12.5. The fourth-order valence-corrected chi connectivity index (χ4v) is 5.79. The Morgan fingerprint density at radius 2 is 2.20 bits per heavy atom. The lowest BCUT2D eigenvalue weighted by Gasteiger charge is -2.53. The number of halogens is 1. The second kappa shape index (κ2) is 8.77. The molecule has 2 amide bonds. The molecule has 162 valence electrons. The summed E-state index contributed by atoms with van der Waals surface area (Å²) in [5, 5.41) is 34.6. The number of β-lactam (4-membered cyclic amide) rings is 1. The number of amides is 2. The third-order valence-corrected chi connectivity index (χ3v) is 7.78. The van der Waals surface area contributed by atoms with Crippen LogP contribution in [0.4, 0.5) is 0 Å². The zero-order valence-corrected chi connectivity index (χ0v) is 17.8. The number of aryl methyl sites for hydroxylation is 1. The Hall–Kier alpha value is -2.39. The van der Waals surface area contributed by atoms with Gasteiger partial charge in [0.2, 0.25) is 22.6 Å². The second-order valence-electron chi connectivity index (χ2n) is 6.58. The molecule has 2 unspecified atom stereocenters. The number of carboxylic acids is 1. The minimum absolute atomic E-state index is 0.0506. The summed E-state index contributed by atoms with van der Waals surface area (Å²) in [6, 6.07) is -0.968. The number of alkyl halides is 1. The van der Waals surface area contributed by atoms with Crippen LogP contribution in [-0.2, 0) is 26.2 Å². The van der Waals surface area contributed by atoms with E-state index >= 15 is 0 Å². The molecule has 2 aliphatic heterocycles. The number of oxime groups is 1. The van der Waals surface area contributed by atoms with Gasteiger partial charge >= 0.3 is 5.97 Å². The molecule has 0 saturated carbocycles. The molecule has 0 radical (unpaired) electrons. The molecule has 1 aromatic rings. The largest absolute Gasteiger partial charge is 0.481 e. The van der Waals surface area contributed by atoms with Gasteiger partial charge in [-0.15, -0.1) is 28.5 Å². The van der Waals surface area contributed by atoms with Crippen molar-refractivity contribution in [1.29, 1.82) is 0 Å². The monoisotopic (exact) mass is 477 g/mol. The van der Waals surface area contributed by atoms with Crippen LogP contribution >= 0.6 is 35.1 Å². The van der Waals surface area contributed by atoms with E-state index in [2.05, 4.69) is 26.0 Å². The maximum Gasteiger partial charge on any atom is 0.313 e. The van der Waals surface area contributed by atoms with Gasteiger partial charge in [-0.1, -0.05) is 16.9 Å². The number of fused-ring (bicyclic) bond motifs is 1. The molecule has 0 aromatic carbocycles. The van der Waals surface area contributed by atoms with Crippen molar-refractivity contribution in [1.82, 2.24) is 30.4 Å². The summed E-state index contributed by atoms with van der Waals surface area (Å²) in [5.74, 6) is -3.70. The highest BCUT2D eigenvalue weighted by Crippen LogP contribution is 2.44. The molecule has 3 N–H and O–H groups in total. The Labute approximate surface area is 182 Å². The molecular weight excluding hydrogens is 462 g/mol. The molecule has 16 heteroatoms. The van der Waals surface area contributed by atoms with Crippen LogP contribution in [0, 0.1) is 5.41 Å². The first-order valence-corrected chi connectivity index (χ1v) is 10.9. The number of Topliss-reactive ketones (excluding diaryl/α,β-unsaturated/α-hetero) is 1. The molecule has 0 aliphatic carbocycles. The molecule has 0 bridgehead atoms. The summed E-state index contributed by atoms with van der Waals surface area (Å²) in [7, 11) is 1.63. The predicted octanol–water partition coefficient (Wildman–Crippen LogP) is -1.59. The summed E-state index contributed by atoms with van der Waals surface area (Å²) in [6.07, 6.45) is 0. The van der Waals surface area contributed by atoms with Crippen LogP contribution in [0.2, 0.25) is 0 Å². The first-order chi connectivity index (χ1) is 14.2. The predicted molar refractivity (Wildman–Crippen MR) is 104 cm³/mol. The Bertz CT molecular complexity index is 926. The summed E-state index contributed by atoms with van der Waals surface area (Å²) in [6.45, 7) is -0.0506. The molecule has 2 aliphatic rings. The number of aromatic nitrogens is 4. The van der Waals surface area contributed by atoms with E-state index < -0.39 is 52.0 Å². The number of hydrogen-bond donors (Lipinski definition) is 3. The van der Waals surface area contributed by atoms with Gasteiger partial charge < -0.3 is 20.5 Å². The number of carbonyl (C=O) groups is 4. The SMILES string of the molecule is Cn1nnnc1SCC1(C(=O)O)CS[C@@H]2C(NC(=O)C(=NO)C(=O)CCl)C(=O)N2C1. The third-order valence-electron chi connectivity index (χ3n) is 4.64. The van der Waals surface area contributed by atoms with E-state index in [1.165, 1.54) is 33.1 Å². The van der Waals surface area contributed by atoms with Gasteiger partial charge in [-0.3, -0.25) is 19.2 Å². The molecule has 2 saturated heterocycles. The number of hydrogen-bond acceptors (Lipinski definition) is 11. The highest BCUT2D eigenvalue weighted by molar-refractivity contribution is 8.00. The minimum atomic E-state index is -1.23. The zero-order chi connectivity index (χ0) is 22.1. The normalized spacial score (nSPS) is 26.0. The van der Waals surface area contributed by atoms with Crippen molar-refractivity contribution in [2.24, 2.45) is 17.6 Å². The molecule has 30 heavy (non-hydrogen) atoms. The van der Waals surface area contributed by atoms with Gasteiger partial charge in [0, 0.05) is 25.1 Å². The smallest absolute Gasteiger partial charge is 0.313 e. The highest BCUT2D eigenvalue weighted by Gasteiger charge is 2.57. The maximum absolute atomic E-state index is 12.5. The van der Waals surface area contributed by atoms with Gasteiger partial charge in [0.15, 0.2) is 0 Å². The molecule has 2 fully saturated rings. The topological polar surface area (TPSA) is 180 Å². The van der Waals surface area contributed by atoms with Crippen LogP contribution in [0.25, 0.3) is 0 Å². The van der Waals surface area contributed by atoms with Crippen molar-refractivity contribution < 1.29 is 29.5 Å². The molecular formula is C14H16ClN7O6S2. The van der Waals surface area contributed by atoms with Crippen LogP contribution in [0.1, 0.15) is 0 Å². The molecule has 1 aromatic heterocycles. The van der Waals surface area contributed by atoms with Crippen molar-refractivity contribution in [3.8, 4) is 0 Å². The number of aliphatic carboxylic acids is 1. The van der Waals surface area contributed by atoms with E-state index in [1.807, 2.05) is 0 Å². The van der Waals surface area contributed by atoms with E-state index in [0.29, 0.717) is 5.16 Å². The summed E-state index contributed by atoms with van der Waals surface area (Å²) in [4.78, 5) is 49.5. The van der Waals surface area contributed by atoms with Gasteiger partial charge in [-0.2, -0.15) is 0 Å². The van der Waals surface area contributed by atoms with Gasteiger partial charge in [-0.05, 0) is 10.4 Å². The van der Waals surface area contributed by atoms with Crippen molar-refractivity contribution in [3.05, 3.63) is 0 Å². The fourth-order valence-electron chi connectivity index (χ4n) is 2.95. The molecule has 0 spiro atoms. The Balaban J connectivity index is 1.66. The number of nitrogens with one attached hydrogen (secondary N) is 1. The average molecular weight is 478 g/mol. The van der Waals surface area contributed by atoms with E-state index in [9.17, 15) is 24.3 Å². The number of rotatable bonds is 8. The Morgan fingerprint density at radius 3 is 2.77 bits per heavy atom. The van der Waals surface area contributed by atoms with E-state index in [1.54, 1.807) is 7.05 Å². The summed E-state index contributed by atoms with van der Waals surface area (Å²) in [5.41, 5.74) is -2.03. The van der Waals surface area contributed by atoms with Crippen LogP contribution in [0.15, 0.2) is 10.3 Å². The Morgan fingerprint density at radius 1 is 1.47 bits per heavy atom. The third kappa shape index (κ3) is 3.96. The van der Waals surface area contributed by atoms with Crippen molar-refractivity contribution >= 4 is 64.4 Å². The first kappa shape index (κ1) is 22.3. The van der Waals surface area contributed by atoms with Gasteiger partial charge in [-0.25, -0.2) is 4.68 Å². The van der Waals surface area contributed by atoms with E-state index in [-0.39, 0.29) is 18.1 Å². The fraction of sp³-hybridized carbons (Fsp3) is 0.571. The summed E-state index contributed by atoms with van der Waals surface area (Å²) >= 11 is 7.73. The molecule has 3 rings (SSSR count). The standard InChI is InChI=1S/C14H16ClN7O6S2/c1-21-13(17-19-20-21)30-5-14(12(26)27)3-22-10(25)8(11(22)29-4-14)16-9(24)7(18-28)6(23)2-15/h8,11,28H,2-5H2,1H3,(H,16,24)(H,26,27)/t8?,11-,14?/m1/s1. The average Bonchev–Trinajstić information content (AvgIpc) is 3.15. The number of ketones is 1. The van der Waals surface area contributed by atoms with Crippen molar-refractivity contribution in [2.45, 2.75) is 16.6 Å². The number of carboxylic acid groups (broad SMARTS) is 1. The van der Waals surface area contributed by atoms with Gasteiger partial charge in [0.1, 0.15) is 16.8 Å². The van der Waals surface area contributed by atoms with Crippen LogP contribution in [-0.4, -0.2) is 100 Å². The molecule has 3 heterocycles. The lowest BCUT2D eigenvalue weighted by Crippen LogP contribution is -2.74. The zero-order valence-electron chi connectivity index (χ0n) is 15.4. The minimum Gasteiger partial charge on any atom is -0.481 e. The number of tetrazole rings is 1. The van der Waals surface area contributed by atoms with Crippen LogP contribution < -0.4 is 5.32 Å². The van der Waals surface area contributed by atoms with E-state index in [0.717, 1.165) is 0 Å². The first-order valence-electron chi connectivity index (χ1n) is 8.37. The number of thioether (sulfide) groups is 2. The quantitative estimate of drug-likeness (QED) is 0.0746. The van der Waals surface area contributed by atoms with Crippen molar-refractivity contribution in [2.75, 3.05) is 23.9 Å². The highest BCUT2D eigenvalue weighted by atomic mass is 35.5. The Kier molecular flexibility index (Phi) is 6.52. The molecule has 3 atom stereocenters. The molecule has 13 nitrogen and oxygen atoms in total. The number of nitrogens with zero attached hydrogens (tertiary/aromatic N) is 6. The summed E-state index contributed by atoms with van der Waals surface area (Å²) < 4.78 is 1.42. The number of carbonyl (C=O) groups excluding carboxylic acids is 3.